The molecular weight excluding hydrogens is 384 g/mol. The standard InChI is InChI=1S/C21H25ClO6/c1-2-27-15-6-3-12(4-7-15)9-14-10-13(5-8-16(14)22)20-18(25)19(26)21(28-20)17(24)11-23/h3-8,10,17-21,23-26H,2,9,11H2,1H3/t17-,18+,19+,20?,21?/m0/s1. The van der Waals surface area contributed by atoms with E-state index in [-0.39, 0.29) is 0 Å². The molecule has 4 N–H and O–H groups in total. The number of rotatable bonds is 7. The molecule has 0 amide bonds. The van der Waals surface area contributed by atoms with Gasteiger partial charge in [0.05, 0.1) is 13.2 Å². The Morgan fingerprint density at radius 1 is 1.11 bits per heavy atom. The first kappa shape index (κ1) is 21.0. The first-order chi connectivity index (χ1) is 13.4. The van der Waals surface area contributed by atoms with Gasteiger partial charge in [-0.1, -0.05) is 35.9 Å². The lowest BCUT2D eigenvalue weighted by Gasteiger charge is -2.19. The molecule has 2 aromatic rings. The second kappa shape index (κ2) is 9.22. The number of benzene rings is 2. The molecule has 1 heterocycles. The minimum atomic E-state index is -1.29. The van der Waals surface area contributed by atoms with Crippen molar-refractivity contribution >= 4 is 11.6 Å². The summed E-state index contributed by atoms with van der Waals surface area (Å²) in [5.41, 5.74) is 2.54. The third-order valence-electron chi connectivity index (χ3n) is 4.89. The molecule has 5 atom stereocenters. The van der Waals surface area contributed by atoms with Gasteiger partial charge < -0.3 is 29.9 Å². The third-order valence-corrected chi connectivity index (χ3v) is 5.26. The van der Waals surface area contributed by atoms with Gasteiger partial charge in [0, 0.05) is 5.02 Å². The van der Waals surface area contributed by atoms with E-state index in [1.165, 1.54) is 0 Å². The van der Waals surface area contributed by atoms with Gasteiger partial charge in [0.15, 0.2) is 0 Å². The highest BCUT2D eigenvalue weighted by Crippen LogP contribution is 2.36. The molecule has 0 bridgehead atoms. The van der Waals surface area contributed by atoms with Gasteiger partial charge in [-0.05, 0) is 48.2 Å². The van der Waals surface area contributed by atoms with Crippen molar-refractivity contribution in [3.8, 4) is 5.75 Å². The minimum Gasteiger partial charge on any atom is -0.494 e. The Morgan fingerprint density at radius 3 is 2.46 bits per heavy atom. The lowest BCUT2D eigenvalue weighted by molar-refractivity contribution is -0.0820. The smallest absolute Gasteiger partial charge is 0.119 e. The lowest BCUT2D eigenvalue weighted by atomic mass is 9.96. The van der Waals surface area contributed by atoms with Gasteiger partial charge in [0.25, 0.3) is 0 Å². The van der Waals surface area contributed by atoms with Crippen molar-refractivity contribution in [3.05, 3.63) is 64.2 Å². The molecule has 2 aromatic carbocycles. The Bertz CT molecular complexity index is 781. The van der Waals surface area contributed by atoms with Gasteiger partial charge >= 0.3 is 0 Å². The molecule has 3 rings (SSSR count). The van der Waals surface area contributed by atoms with Gasteiger partial charge in [0.2, 0.25) is 0 Å². The minimum absolute atomic E-state index is 0.565. The molecule has 1 saturated heterocycles. The Morgan fingerprint density at radius 2 is 1.82 bits per heavy atom. The molecule has 1 fully saturated rings. The van der Waals surface area contributed by atoms with E-state index in [4.69, 9.17) is 26.2 Å². The predicted molar refractivity (Wildman–Crippen MR) is 105 cm³/mol. The Labute approximate surface area is 168 Å². The fraction of sp³-hybridized carbons (Fsp3) is 0.429. The van der Waals surface area contributed by atoms with Crippen LogP contribution in [-0.2, 0) is 11.2 Å². The molecule has 0 saturated carbocycles. The van der Waals surface area contributed by atoms with E-state index in [1.807, 2.05) is 37.3 Å². The maximum Gasteiger partial charge on any atom is 0.119 e. The Hall–Kier alpha value is -1.67. The first-order valence-electron chi connectivity index (χ1n) is 9.25. The van der Waals surface area contributed by atoms with Crippen LogP contribution in [0.15, 0.2) is 42.5 Å². The molecule has 0 radical (unpaired) electrons. The highest BCUT2D eigenvalue weighted by Gasteiger charge is 2.46. The van der Waals surface area contributed by atoms with E-state index in [9.17, 15) is 15.3 Å². The fourth-order valence-electron chi connectivity index (χ4n) is 3.40. The fourth-order valence-corrected chi connectivity index (χ4v) is 3.58. The van der Waals surface area contributed by atoms with E-state index in [0.717, 1.165) is 16.9 Å². The van der Waals surface area contributed by atoms with Crippen molar-refractivity contribution in [1.29, 1.82) is 0 Å². The summed E-state index contributed by atoms with van der Waals surface area (Å²) in [4.78, 5) is 0. The van der Waals surface area contributed by atoms with Crippen molar-refractivity contribution in [2.24, 2.45) is 0 Å². The lowest BCUT2D eigenvalue weighted by Crippen LogP contribution is -2.40. The van der Waals surface area contributed by atoms with Crippen molar-refractivity contribution in [2.75, 3.05) is 13.2 Å². The molecule has 0 aliphatic carbocycles. The average molecular weight is 409 g/mol. The van der Waals surface area contributed by atoms with Gasteiger partial charge in [-0.15, -0.1) is 0 Å². The van der Waals surface area contributed by atoms with Crippen LogP contribution in [0.1, 0.15) is 29.7 Å². The summed E-state index contributed by atoms with van der Waals surface area (Å²) in [7, 11) is 0. The number of hydrogen-bond acceptors (Lipinski definition) is 6. The van der Waals surface area contributed by atoms with E-state index in [2.05, 4.69) is 0 Å². The maximum atomic E-state index is 10.3. The zero-order chi connectivity index (χ0) is 20.3. The quantitative estimate of drug-likeness (QED) is 0.558. The van der Waals surface area contributed by atoms with Crippen molar-refractivity contribution in [2.45, 2.75) is 43.9 Å². The topological polar surface area (TPSA) is 99.4 Å². The van der Waals surface area contributed by atoms with Crippen LogP contribution in [0.5, 0.6) is 5.75 Å². The van der Waals surface area contributed by atoms with E-state index < -0.39 is 37.1 Å². The van der Waals surface area contributed by atoms with Crippen LogP contribution in [0.2, 0.25) is 5.02 Å². The molecule has 0 spiro atoms. The maximum absolute atomic E-state index is 10.3. The van der Waals surface area contributed by atoms with Crippen LogP contribution in [0.4, 0.5) is 0 Å². The summed E-state index contributed by atoms with van der Waals surface area (Å²) in [5.74, 6) is 0.802. The van der Waals surface area contributed by atoms with E-state index >= 15 is 0 Å². The van der Waals surface area contributed by atoms with Crippen LogP contribution in [0, 0.1) is 0 Å². The largest absolute Gasteiger partial charge is 0.494 e. The van der Waals surface area contributed by atoms with Gasteiger partial charge in [-0.2, -0.15) is 0 Å². The highest BCUT2D eigenvalue weighted by atomic mass is 35.5. The second-order valence-corrected chi connectivity index (χ2v) is 7.26. The molecule has 1 aliphatic heterocycles. The molecule has 6 nitrogen and oxygen atoms in total. The second-order valence-electron chi connectivity index (χ2n) is 6.86. The number of halogens is 1. The van der Waals surface area contributed by atoms with Crippen molar-refractivity contribution < 1.29 is 29.9 Å². The summed E-state index contributed by atoms with van der Waals surface area (Å²) in [6.45, 7) is 1.97. The number of aliphatic hydroxyl groups excluding tert-OH is 4. The Balaban J connectivity index is 1.79. The first-order valence-corrected chi connectivity index (χ1v) is 9.63. The summed E-state index contributed by atoms with van der Waals surface area (Å²) < 4.78 is 11.1. The molecule has 0 aromatic heterocycles. The molecule has 7 heteroatoms. The molecule has 1 aliphatic rings. The zero-order valence-corrected chi connectivity index (χ0v) is 16.3. The molecular formula is C21H25ClO6. The normalized spacial score (nSPS) is 25.6. The zero-order valence-electron chi connectivity index (χ0n) is 15.5. The molecule has 2 unspecified atom stereocenters. The van der Waals surface area contributed by atoms with Crippen LogP contribution >= 0.6 is 11.6 Å². The number of ether oxygens (including phenoxy) is 2. The van der Waals surface area contributed by atoms with E-state index in [0.29, 0.717) is 23.6 Å². The summed E-state index contributed by atoms with van der Waals surface area (Å²) in [6.07, 6.45) is -5.09. The number of aliphatic hydroxyl groups is 4. The van der Waals surface area contributed by atoms with Crippen molar-refractivity contribution in [3.63, 3.8) is 0 Å². The van der Waals surface area contributed by atoms with Crippen LogP contribution in [-0.4, -0.2) is 58.1 Å². The van der Waals surface area contributed by atoms with Crippen molar-refractivity contribution in [1.82, 2.24) is 0 Å². The van der Waals surface area contributed by atoms with Crippen LogP contribution in [0.3, 0.4) is 0 Å². The summed E-state index contributed by atoms with van der Waals surface area (Å²) in [6, 6.07) is 13.0. The van der Waals surface area contributed by atoms with E-state index in [1.54, 1.807) is 12.1 Å². The number of hydrogen-bond donors (Lipinski definition) is 4. The SMILES string of the molecule is CCOc1ccc(Cc2cc(C3OC([C@@H](O)CO)[C@H](O)[C@H]3O)ccc2Cl)cc1. The van der Waals surface area contributed by atoms with Gasteiger partial charge in [-0.25, -0.2) is 0 Å². The van der Waals surface area contributed by atoms with Gasteiger partial charge in [0.1, 0.15) is 36.3 Å². The summed E-state index contributed by atoms with van der Waals surface area (Å²) >= 11 is 6.35. The third kappa shape index (κ3) is 4.49. The average Bonchev–Trinajstić information content (AvgIpc) is 3.00. The van der Waals surface area contributed by atoms with Gasteiger partial charge in [-0.3, -0.25) is 0 Å². The Kier molecular flexibility index (Phi) is 6.93. The van der Waals surface area contributed by atoms with Crippen LogP contribution < -0.4 is 4.74 Å². The molecule has 28 heavy (non-hydrogen) atoms. The monoisotopic (exact) mass is 408 g/mol. The van der Waals surface area contributed by atoms with Crippen LogP contribution in [0.25, 0.3) is 0 Å². The summed E-state index contributed by atoms with van der Waals surface area (Å²) in [5, 5.41) is 40.0. The predicted octanol–water partition coefficient (Wildman–Crippen LogP) is 1.84. The molecule has 152 valence electrons. The highest BCUT2D eigenvalue weighted by molar-refractivity contribution is 6.31.